The molecular weight excluding hydrogens is 383 g/mol. The van der Waals surface area contributed by atoms with Gasteiger partial charge in [-0.05, 0) is 50.6 Å². The molecule has 1 heterocycles. The summed E-state index contributed by atoms with van der Waals surface area (Å²) in [6, 6.07) is 17.5. The molecule has 2 aromatic carbocycles. The van der Waals surface area contributed by atoms with Crippen LogP contribution in [0.3, 0.4) is 0 Å². The molecule has 1 N–H and O–H groups in total. The highest BCUT2D eigenvalue weighted by Crippen LogP contribution is 2.40. The van der Waals surface area contributed by atoms with Crippen LogP contribution in [0.2, 0.25) is 0 Å². The van der Waals surface area contributed by atoms with Crippen LogP contribution in [0.4, 0.5) is 0 Å². The number of hydrogen-bond donors (Lipinski definition) is 1. The lowest BCUT2D eigenvalue weighted by atomic mass is 10.1. The molecule has 144 valence electrons. The summed E-state index contributed by atoms with van der Waals surface area (Å²) >= 11 is 1.53. The summed E-state index contributed by atoms with van der Waals surface area (Å²) in [5.41, 5.74) is 1.45. The Bertz CT molecular complexity index is 1040. The molecule has 0 aliphatic rings. The average molecular weight is 411 g/mol. The van der Waals surface area contributed by atoms with Crippen LogP contribution < -0.4 is 15.7 Å². The highest BCUT2D eigenvalue weighted by atomic mass is 32.1. The minimum atomic E-state index is -3.34. The van der Waals surface area contributed by atoms with Crippen LogP contribution >= 0.6 is 18.6 Å². The first kappa shape index (κ1) is 17.8. The number of aryl methyl sites for hydroxylation is 1. The Morgan fingerprint density at radius 3 is 2.25 bits per heavy atom. The number of benzene rings is 2. The van der Waals surface area contributed by atoms with Crippen molar-refractivity contribution in [2.75, 3.05) is 0 Å². The zero-order valence-electron chi connectivity index (χ0n) is 18.0. The molecule has 0 amide bonds. The molecule has 0 bridgehead atoms. The number of hydrogen-bond acceptors (Lipinski definition) is 3. The monoisotopic (exact) mass is 410 g/mol. The molecule has 0 saturated carbocycles. The first-order valence-corrected chi connectivity index (χ1v) is 11.6. The van der Waals surface area contributed by atoms with E-state index in [4.69, 9.17) is 2.74 Å². The van der Waals surface area contributed by atoms with E-state index in [9.17, 15) is 4.57 Å². The van der Waals surface area contributed by atoms with Gasteiger partial charge < -0.3 is 0 Å². The maximum Gasteiger partial charge on any atom is 0.205 e. The molecule has 1 atom stereocenters. The Morgan fingerprint density at radius 1 is 1.21 bits per heavy atom. The summed E-state index contributed by atoms with van der Waals surface area (Å²) in [5, 5.41) is 7.30. The Kier molecular flexibility index (Phi) is 5.91. The van der Waals surface area contributed by atoms with Gasteiger partial charge in [0, 0.05) is 24.8 Å². The zero-order valence-corrected chi connectivity index (χ0v) is 17.7. The van der Waals surface area contributed by atoms with Crippen molar-refractivity contribution >= 4 is 35.3 Å². The zero-order chi connectivity index (χ0) is 21.8. The van der Waals surface area contributed by atoms with Gasteiger partial charge in [-0.2, -0.15) is 0 Å². The Morgan fingerprint density at radius 2 is 1.79 bits per heavy atom. The van der Waals surface area contributed by atoms with Crippen molar-refractivity contribution in [3.8, 4) is 0 Å². The molecule has 0 spiro atoms. The maximum absolute atomic E-state index is 14.4. The van der Waals surface area contributed by atoms with E-state index in [1.807, 2.05) is 86.0 Å². The number of nitrogens with zero attached hydrogens (tertiary/aromatic N) is 1. The van der Waals surface area contributed by atoms with Crippen molar-refractivity contribution in [2.24, 2.45) is 0 Å². The molecule has 28 heavy (non-hydrogen) atoms. The highest BCUT2D eigenvalue weighted by molar-refractivity contribution is 7.76. The molecular formula is C23H25N2OPS. The highest BCUT2D eigenvalue weighted by Gasteiger charge is 2.30. The van der Waals surface area contributed by atoms with Crippen LogP contribution in [-0.2, 0) is 4.57 Å². The summed E-state index contributed by atoms with van der Waals surface area (Å²) in [5.74, 6) is 0. The number of aromatic nitrogens is 1. The van der Waals surface area contributed by atoms with Crippen molar-refractivity contribution < 1.29 is 7.31 Å². The van der Waals surface area contributed by atoms with E-state index in [2.05, 4.69) is 16.7 Å². The molecule has 0 aliphatic carbocycles. The van der Waals surface area contributed by atoms with Gasteiger partial charge >= 0.3 is 0 Å². The van der Waals surface area contributed by atoms with Crippen molar-refractivity contribution in [1.29, 1.82) is 0 Å². The van der Waals surface area contributed by atoms with Gasteiger partial charge in [-0.3, -0.25) is 9.65 Å². The summed E-state index contributed by atoms with van der Waals surface area (Å²) in [4.78, 5) is 4.45. The topological polar surface area (TPSA) is 42.0 Å². The minimum absolute atomic E-state index is 0.623. The molecule has 0 aliphatic heterocycles. The van der Waals surface area contributed by atoms with E-state index < -0.39 is 19.7 Å². The minimum Gasteiger partial charge on any atom is -0.297 e. The van der Waals surface area contributed by atoms with Gasteiger partial charge in [0.15, 0.2) is 0 Å². The van der Waals surface area contributed by atoms with E-state index in [0.717, 1.165) is 10.7 Å². The molecule has 3 rings (SSSR count). The predicted octanol–water partition coefficient (Wildman–Crippen LogP) is 5.32. The largest absolute Gasteiger partial charge is 0.297 e. The van der Waals surface area contributed by atoms with Crippen LogP contribution in [0.1, 0.15) is 26.7 Å². The van der Waals surface area contributed by atoms with Crippen LogP contribution in [0.15, 0.2) is 84.3 Å². The molecule has 5 heteroatoms. The van der Waals surface area contributed by atoms with Gasteiger partial charge in [0.25, 0.3) is 0 Å². The van der Waals surface area contributed by atoms with E-state index in [0.29, 0.717) is 16.2 Å². The lowest BCUT2D eigenvalue weighted by molar-refractivity contribution is 0.568. The molecule has 1 aromatic heterocycles. The number of rotatable bonds is 8. The van der Waals surface area contributed by atoms with Crippen LogP contribution in [0, 0.1) is 6.92 Å². The van der Waals surface area contributed by atoms with Crippen molar-refractivity contribution in [2.45, 2.75) is 26.3 Å². The van der Waals surface area contributed by atoms with Gasteiger partial charge in [0.1, 0.15) is 0 Å². The first-order chi connectivity index (χ1) is 14.3. The second kappa shape index (κ2) is 9.29. The van der Waals surface area contributed by atoms with Crippen LogP contribution in [0.25, 0.3) is 6.08 Å². The molecule has 3 aromatic rings. The maximum atomic E-state index is 14.4. The fraction of sp³-hybridized carbons (Fsp3) is 0.174. The van der Waals surface area contributed by atoms with E-state index in [1.165, 1.54) is 17.4 Å². The third kappa shape index (κ3) is 4.77. The third-order valence-electron chi connectivity index (χ3n) is 4.30. The Labute approximate surface area is 174 Å². The number of nitrogens with one attached hydrogen (secondary N) is 1. The smallest absolute Gasteiger partial charge is 0.205 e. The Hall–Kier alpha value is -2.26. The number of thiazole rings is 1. The lowest BCUT2D eigenvalue weighted by Gasteiger charge is -2.27. The summed E-state index contributed by atoms with van der Waals surface area (Å²) < 4.78 is 31.5. The van der Waals surface area contributed by atoms with Crippen LogP contribution in [-0.4, -0.2) is 11.0 Å². The van der Waals surface area contributed by atoms with Gasteiger partial charge in [0.2, 0.25) is 7.29 Å². The second-order valence-corrected chi connectivity index (χ2v) is 9.96. The third-order valence-corrected chi connectivity index (χ3v) is 7.77. The normalized spacial score (nSPS) is 14.9. The van der Waals surface area contributed by atoms with E-state index in [-0.39, 0.29) is 0 Å². The molecule has 0 fully saturated rings. The summed E-state index contributed by atoms with van der Waals surface area (Å²) in [6.07, 6.45) is 1.27. The van der Waals surface area contributed by atoms with Gasteiger partial charge in [-0.25, -0.2) is 4.98 Å². The van der Waals surface area contributed by atoms with Crippen molar-refractivity contribution in [3.63, 3.8) is 0 Å². The van der Waals surface area contributed by atoms with E-state index in [1.54, 1.807) is 0 Å². The van der Waals surface area contributed by atoms with Gasteiger partial charge in [-0.1, -0.05) is 48.0 Å². The fourth-order valence-corrected chi connectivity index (χ4v) is 5.90. The fourth-order valence-electron chi connectivity index (χ4n) is 2.91. The molecule has 0 saturated heterocycles. The quantitative estimate of drug-likeness (QED) is 0.404. The predicted molar refractivity (Wildman–Crippen MR) is 122 cm³/mol. The first-order valence-electron chi connectivity index (χ1n) is 9.99. The molecule has 0 radical (unpaired) electrons. The lowest BCUT2D eigenvalue weighted by Crippen LogP contribution is -2.35. The summed E-state index contributed by atoms with van der Waals surface area (Å²) in [6.45, 7) is 7.43. The Balaban J connectivity index is 2.11. The standard InChI is InChI=1S/C23H25N2OPS/c1-4-11-23(18(2)16-20-17-28-19(3)24-20)25-27(26,21-12-7-5-8-13-21)22-14-9-6-10-15-22/h4-10,12-17,23H,1,11H2,2-3H3,(H,25,26)/b18-16+/t23-/m1/s1/i11D2. The van der Waals surface area contributed by atoms with Crippen molar-refractivity contribution in [3.05, 3.63) is 95.0 Å². The molecule has 0 unspecified atom stereocenters. The average Bonchev–Trinajstić information content (AvgIpc) is 3.17. The molecule has 3 nitrogen and oxygen atoms in total. The SMILES string of the molecule is [2H]C([2H])(C=C)[C@@H](NP(=O)(c1ccccc1)c1ccccc1)/C(C)=C/c1csc(C)n1. The van der Waals surface area contributed by atoms with Crippen LogP contribution in [0.5, 0.6) is 0 Å². The van der Waals surface area contributed by atoms with E-state index >= 15 is 0 Å². The summed E-state index contributed by atoms with van der Waals surface area (Å²) in [7, 11) is -3.34. The van der Waals surface area contributed by atoms with Gasteiger partial charge in [0.05, 0.1) is 10.7 Å². The van der Waals surface area contributed by atoms with Crippen molar-refractivity contribution in [1.82, 2.24) is 10.1 Å². The van der Waals surface area contributed by atoms with Gasteiger partial charge in [-0.15, -0.1) is 17.9 Å². The second-order valence-electron chi connectivity index (χ2n) is 6.39.